The van der Waals surface area contributed by atoms with E-state index < -0.39 is 0 Å². The third-order valence-corrected chi connectivity index (χ3v) is 4.96. The Bertz CT molecular complexity index is 706. The number of hydrogen-bond acceptors (Lipinski definition) is 3. The van der Waals surface area contributed by atoms with Crippen molar-refractivity contribution in [3.05, 3.63) is 53.2 Å². The van der Waals surface area contributed by atoms with Gasteiger partial charge in [0.15, 0.2) is 0 Å². The van der Waals surface area contributed by atoms with Gasteiger partial charge in [0, 0.05) is 30.3 Å². The van der Waals surface area contributed by atoms with E-state index in [1.54, 1.807) is 18.3 Å². The van der Waals surface area contributed by atoms with Crippen molar-refractivity contribution < 1.29 is 9.90 Å². The number of carbonyl (C=O) groups excluding carboxylic acids is 1. The second kappa shape index (κ2) is 7.77. The molecule has 0 radical (unpaired) electrons. The molecule has 0 bridgehead atoms. The molecule has 1 aliphatic rings. The average molecular weight is 345 g/mol. The van der Waals surface area contributed by atoms with Crippen LogP contribution in [0.4, 0.5) is 0 Å². The second-order valence-electron chi connectivity index (χ2n) is 6.22. The van der Waals surface area contributed by atoms with Crippen LogP contribution in [0, 0.1) is 5.92 Å². The number of halogens is 1. The summed E-state index contributed by atoms with van der Waals surface area (Å²) in [4.78, 5) is 17.0. The molecule has 1 saturated carbocycles. The molecule has 1 fully saturated rings. The maximum atomic E-state index is 12.7. The largest absolute Gasteiger partial charge is 0.396 e. The predicted octanol–water partition coefficient (Wildman–Crippen LogP) is 3.68. The first-order chi connectivity index (χ1) is 11.7. The van der Waals surface area contributed by atoms with Crippen LogP contribution in [0.3, 0.4) is 0 Å². The van der Waals surface area contributed by atoms with E-state index in [0.29, 0.717) is 10.6 Å². The van der Waals surface area contributed by atoms with Gasteiger partial charge in [-0.15, -0.1) is 0 Å². The van der Waals surface area contributed by atoms with Crippen molar-refractivity contribution >= 4 is 17.5 Å². The Morgan fingerprint density at radius 3 is 2.83 bits per heavy atom. The third-order valence-electron chi connectivity index (χ3n) is 4.63. The summed E-state index contributed by atoms with van der Waals surface area (Å²) >= 11 is 6.24. The van der Waals surface area contributed by atoms with Gasteiger partial charge in [0.05, 0.1) is 16.3 Å². The molecule has 2 N–H and O–H groups in total. The van der Waals surface area contributed by atoms with Crippen molar-refractivity contribution in [3.63, 3.8) is 0 Å². The zero-order valence-electron chi connectivity index (χ0n) is 13.4. The maximum absolute atomic E-state index is 12.7. The first kappa shape index (κ1) is 16.9. The highest BCUT2D eigenvalue weighted by atomic mass is 35.5. The molecule has 0 saturated heterocycles. The van der Waals surface area contributed by atoms with Crippen LogP contribution in [0.2, 0.25) is 5.02 Å². The van der Waals surface area contributed by atoms with Crippen molar-refractivity contribution in [1.29, 1.82) is 0 Å². The van der Waals surface area contributed by atoms with Crippen molar-refractivity contribution in [2.45, 2.75) is 31.7 Å². The molecule has 1 heterocycles. The van der Waals surface area contributed by atoms with Crippen molar-refractivity contribution in [1.82, 2.24) is 10.3 Å². The lowest BCUT2D eigenvalue weighted by atomic mass is 9.85. The Hall–Kier alpha value is -1.91. The van der Waals surface area contributed by atoms with Gasteiger partial charge in [0.25, 0.3) is 5.91 Å². The summed E-state index contributed by atoms with van der Waals surface area (Å²) in [5.41, 5.74) is 2.10. The molecule has 24 heavy (non-hydrogen) atoms. The summed E-state index contributed by atoms with van der Waals surface area (Å²) in [6.07, 6.45) is 5.74. The number of benzene rings is 1. The molecule has 1 amide bonds. The molecule has 1 aliphatic carbocycles. The first-order valence-corrected chi connectivity index (χ1v) is 8.69. The number of hydrogen-bond donors (Lipinski definition) is 2. The topological polar surface area (TPSA) is 62.2 Å². The van der Waals surface area contributed by atoms with Crippen LogP contribution >= 0.6 is 11.6 Å². The molecule has 5 heteroatoms. The lowest BCUT2D eigenvalue weighted by Crippen LogP contribution is -2.43. The van der Waals surface area contributed by atoms with Gasteiger partial charge in [-0.05, 0) is 37.1 Å². The van der Waals surface area contributed by atoms with Gasteiger partial charge in [-0.25, -0.2) is 0 Å². The molecule has 126 valence electrons. The van der Waals surface area contributed by atoms with E-state index in [1.165, 1.54) is 0 Å². The summed E-state index contributed by atoms with van der Waals surface area (Å²) < 4.78 is 0. The summed E-state index contributed by atoms with van der Waals surface area (Å²) in [5.74, 6) is -0.0661. The Labute approximate surface area is 146 Å². The fourth-order valence-electron chi connectivity index (χ4n) is 3.25. The van der Waals surface area contributed by atoms with E-state index in [9.17, 15) is 9.90 Å². The molecule has 2 unspecified atom stereocenters. The van der Waals surface area contributed by atoms with E-state index in [4.69, 9.17) is 11.6 Å². The molecule has 1 aromatic carbocycles. The Morgan fingerprint density at radius 1 is 1.25 bits per heavy atom. The number of amides is 1. The highest BCUT2D eigenvalue weighted by Gasteiger charge is 2.26. The Morgan fingerprint density at radius 2 is 2.08 bits per heavy atom. The molecule has 1 aromatic heterocycles. The fourth-order valence-corrected chi connectivity index (χ4v) is 3.46. The van der Waals surface area contributed by atoms with Crippen LogP contribution in [0.1, 0.15) is 36.0 Å². The lowest BCUT2D eigenvalue weighted by molar-refractivity contribution is 0.0873. The van der Waals surface area contributed by atoms with Gasteiger partial charge < -0.3 is 10.4 Å². The van der Waals surface area contributed by atoms with Gasteiger partial charge in [0.1, 0.15) is 0 Å². The highest BCUT2D eigenvalue weighted by molar-refractivity contribution is 6.34. The van der Waals surface area contributed by atoms with E-state index in [1.807, 2.05) is 24.3 Å². The number of rotatable bonds is 4. The molecule has 4 nitrogen and oxygen atoms in total. The zero-order chi connectivity index (χ0) is 16.9. The van der Waals surface area contributed by atoms with Crippen LogP contribution in [0.5, 0.6) is 0 Å². The van der Waals surface area contributed by atoms with Crippen LogP contribution in [-0.2, 0) is 0 Å². The monoisotopic (exact) mass is 344 g/mol. The lowest BCUT2D eigenvalue weighted by Gasteiger charge is -2.31. The molecule has 2 aromatic rings. The minimum atomic E-state index is -0.192. The standard InChI is InChI=1S/C19H21ClN2O2/c20-16-9-8-13(17-6-3-4-10-21-17)11-15(16)19(24)22-18-7-2-1-5-14(18)12-23/h3-4,6,8-11,14,18,23H,1-2,5,7,12H2,(H,22,24). The minimum Gasteiger partial charge on any atom is -0.396 e. The number of nitrogens with one attached hydrogen (secondary N) is 1. The molecule has 3 rings (SSSR count). The third kappa shape index (κ3) is 3.77. The van der Waals surface area contributed by atoms with E-state index in [-0.39, 0.29) is 24.5 Å². The molecule has 0 spiro atoms. The molecule has 0 aliphatic heterocycles. The zero-order valence-corrected chi connectivity index (χ0v) is 14.2. The van der Waals surface area contributed by atoms with Gasteiger partial charge in [-0.2, -0.15) is 0 Å². The number of aliphatic hydroxyl groups is 1. The van der Waals surface area contributed by atoms with Gasteiger partial charge in [-0.3, -0.25) is 9.78 Å². The van der Waals surface area contributed by atoms with Crippen molar-refractivity contribution in [2.24, 2.45) is 5.92 Å². The summed E-state index contributed by atoms with van der Waals surface area (Å²) in [7, 11) is 0. The van der Waals surface area contributed by atoms with Crippen LogP contribution < -0.4 is 5.32 Å². The Balaban J connectivity index is 1.81. The number of aliphatic hydroxyl groups excluding tert-OH is 1. The van der Waals surface area contributed by atoms with Crippen LogP contribution in [-0.4, -0.2) is 28.6 Å². The number of aromatic nitrogens is 1. The predicted molar refractivity (Wildman–Crippen MR) is 95.0 cm³/mol. The van der Waals surface area contributed by atoms with Crippen LogP contribution in [0.25, 0.3) is 11.3 Å². The fraction of sp³-hybridized carbons (Fsp3) is 0.368. The quantitative estimate of drug-likeness (QED) is 0.889. The Kier molecular flexibility index (Phi) is 5.48. The van der Waals surface area contributed by atoms with Crippen molar-refractivity contribution in [2.75, 3.05) is 6.61 Å². The highest BCUT2D eigenvalue weighted by Crippen LogP contribution is 2.27. The average Bonchev–Trinajstić information content (AvgIpc) is 2.63. The summed E-state index contributed by atoms with van der Waals surface area (Å²) in [5, 5.41) is 13.0. The second-order valence-corrected chi connectivity index (χ2v) is 6.62. The normalized spacial score (nSPS) is 20.6. The summed E-state index contributed by atoms with van der Waals surface area (Å²) in [6, 6.07) is 11.0. The molecular formula is C19H21ClN2O2. The smallest absolute Gasteiger partial charge is 0.253 e. The minimum absolute atomic E-state index is 0.00539. The number of pyridine rings is 1. The number of carbonyl (C=O) groups is 1. The van der Waals surface area contributed by atoms with Gasteiger partial charge in [0.2, 0.25) is 0 Å². The van der Waals surface area contributed by atoms with Crippen LogP contribution in [0.15, 0.2) is 42.6 Å². The van der Waals surface area contributed by atoms with Gasteiger partial charge in [-0.1, -0.05) is 36.6 Å². The van der Waals surface area contributed by atoms with Gasteiger partial charge >= 0.3 is 0 Å². The number of nitrogens with zero attached hydrogens (tertiary/aromatic N) is 1. The molecule has 2 atom stereocenters. The SMILES string of the molecule is O=C(NC1CCCCC1CO)c1cc(-c2ccccn2)ccc1Cl. The summed E-state index contributed by atoms with van der Waals surface area (Å²) in [6.45, 7) is 0.104. The van der Waals surface area contributed by atoms with E-state index in [0.717, 1.165) is 36.9 Å². The molecular weight excluding hydrogens is 324 g/mol. The maximum Gasteiger partial charge on any atom is 0.253 e. The van der Waals surface area contributed by atoms with Crippen molar-refractivity contribution in [3.8, 4) is 11.3 Å². The van der Waals surface area contributed by atoms with E-state index in [2.05, 4.69) is 10.3 Å². The first-order valence-electron chi connectivity index (χ1n) is 8.31. The van der Waals surface area contributed by atoms with E-state index >= 15 is 0 Å².